The quantitative estimate of drug-likeness (QED) is 0.648. The number of nitrogens with zero attached hydrogens (tertiary/aromatic N) is 4. The zero-order valence-electron chi connectivity index (χ0n) is 15.7. The van der Waals surface area contributed by atoms with Crippen molar-refractivity contribution in [3.05, 3.63) is 35.5 Å². The summed E-state index contributed by atoms with van der Waals surface area (Å²) >= 11 is 6.04. The monoisotopic (exact) mass is 438 g/mol. The molecular formula is C18H20ClFN6O2S. The predicted octanol–water partition coefficient (Wildman–Crippen LogP) is 3.04. The van der Waals surface area contributed by atoms with E-state index in [0.29, 0.717) is 48.0 Å². The third-order valence-corrected chi connectivity index (χ3v) is 6.49. The summed E-state index contributed by atoms with van der Waals surface area (Å²) in [5, 5.41) is 4.35. The van der Waals surface area contributed by atoms with Crippen molar-refractivity contribution in [2.75, 3.05) is 24.7 Å². The average molecular weight is 439 g/mol. The van der Waals surface area contributed by atoms with E-state index < -0.39 is 15.8 Å². The van der Waals surface area contributed by atoms with Gasteiger partial charge in [-0.25, -0.2) is 32.1 Å². The van der Waals surface area contributed by atoms with Crippen LogP contribution in [0.2, 0.25) is 5.02 Å². The maximum atomic E-state index is 14.4. The zero-order chi connectivity index (χ0) is 20.6. The molecule has 1 saturated heterocycles. The van der Waals surface area contributed by atoms with Crippen molar-refractivity contribution in [3.8, 4) is 11.4 Å². The van der Waals surface area contributed by atoms with Crippen molar-refractivity contribution in [3.63, 3.8) is 0 Å². The fourth-order valence-electron chi connectivity index (χ4n) is 3.50. The van der Waals surface area contributed by atoms with Gasteiger partial charge in [-0.15, -0.1) is 0 Å². The molecule has 0 radical (unpaired) electrons. The highest BCUT2D eigenvalue weighted by atomic mass is 35.5. The van der Waals surface area contributed by atoms with Crippen LogP contribution in [0.1, 0.15) is 19.3 Å². The van der Waals surface area contributed by atoms with Crippen LogP contribution >= 0.6 is 11.6 Å². The Labute approximate surface area is 172 Å². The first-order valence-electron chi connectivity index (χ1n) is 9.18. The van der Waals surface area contributed by atoms with Gasteiger partial charge in [-0.05, 0) is 25.3 Å². The van der Waals surface area contributed by atoms with E-state index in [1.54, 1.807) is 12.3 Å². The lowest BCUT2D eigenvalue weighted by Gasteiger charge is -2.19. The molecule has 3 aromatic rings. The second-order valence-corrected chi connectivity index (χ2v) is 9.50. The SMILES string of the molecule is CS(=O)(=O)N1CCCC(Nc2nc(-c3c[nH]c4ncc(Cl)cc34)ncc2F)CC1. The number of halogens is 2. The van der Waals surface area contributed by atoms with Crippen LogP contribution in [-0.2, 0) is 10.0 Å². The highest BCUT2D eigenvalue weighted by molar-refractivity contribution is 7.88. The molecule has 4 rings (SSSR count). The van der Waals surface area contributed by atoms with Crippen molar-refractivity contribution in [2.45, 2.75) is 25.3 Å². The highest BCUT2D eigenvalue weighted by Crippen LogP contribution is 2.28. The fourth-order valence-corrected chi connectivity index (χ4v) is 4.56. The standard InChI is InChI=1S/C18H20ClFN6O2S/c1-29(27,28)26-5-2-3-12(4-6-26)24-18-15(20)10-23-17(25-18)14-9-22-16-13(14)7-11(19)8-21-16/h7-10,12H,2-6H2,1H3,(H,21,22)(H,23,24,25). The molecule has 0 saturated carbocycles. The fraction of sp³-hybridized carbons (Fsp3) is 0.389. The lowest BCUT2D eigenvalue weighted by molar-refractivity contribution is 0.426. The Morgan fingerprint density at radius 1 is 1.28 bits per heavy atom. The minimum atomic E-state index is -3.23. The highest BCUT2D eigenvalue weighted by Gasteiger charge is 2.24. The van der Waals surface area contributed by atoms with Gasteiger partial charge in [0, 0.05) is 42.5 Å². The van der Waals surface area contributed by atoms with Gasteiger partial charge in [0.05, 0.1) is 17.5 Å². The summed E-state index contributed by atoms with van der Waals surface area (Å²) in [5.74, 6) is -0.123. The Hall–Kier alpha value is -2.30. The van der Waals surface area contributed by atoms with E-state index >= 15 is 0 Å². The number of hydrogen-bond donors (Lipinski definition) is 2. The van der Waals surface area contributed by atoms with Crippen LogP contribution in [0.15, 0.2) is 24.7 Å². The van der Waals surface area contributed by atoms with Crippen molar-refractivity contribution >= 4 is 38.5 Å². The predicted molar refractivity (Wildman–Crippen MR) is 110 cm³/mol. The molecular weight excluding hydrogens is 419 g/mol. The topological polar surface area (TPSA) is 104 Å². The van der Waals surface area contributed by atoms with Gasteiger partial charge in [0.2, 0.25) is 10.0 Å². The number of hydrogen-bond acceptors (Lipinski definition) is 6. The minimum Gasteiger partial charge on any atom is -0.365 e. The summed E-state index contributed by atoms with van der Waals surface area (Å²) in [6, 6.07) is 1.67. The van der Waals surface area contributed by atoms with Crippen molar-refractivity contribution in [1.29, 1.82) is 0 Å². The molecule has 0 spiro atoms. The van der Waals surface area contributed by atoms with Crippen LogP contribution in [0, 0.1) is 5.82 Å². The van der Waals surface area contributed by atoms with E-state index in [0.717, 1.165) is 18.0 Å². The zero-order valence-corrected chi connectivity index (χ0v) is 17.3. The Bertz CT molecular complexity index is 1150. The molecule has 11 heteroatoms. The number of nitrogens with one attached hydrogen (secondary N) is 2. The van der Waals surface area contributed by atoms with E-state index in [9.17, 15) is 12.8 Å². The second kappa shape index (κ2) is 7.85. The summed E-state index contributed by atoms with van der Waals surface area (Å²) < 4.78 is 39.4. The Morgan fingerprint density at radius 2 is 2.10 bits per heavy atom. The maximum absolute atomic E-state index is 14.4. The van der Waals surface area contributed by atoms with Gasteiger partial charge < -0.3 is 10.3 Å². The normalized spacial score (nSPS) is 18.7. The minimum absolute atomic E-state index is 0.0851. The number of pyridine rings is 1. The lowest BCUT2D eigenvalue weighted by atomic mass is 10.1. The lowest BCUT2D eigenvalue weighted by Crippen LogP contribution is -2.31. The van der Waals surface area contributed by atoms with Crippen molar-refractivity contribution < 1.29 is 12.8 Å². The molecule has 3 aromatic heterocycles. The summed E-state index contributed by atoms with van der Waals surface area (Å²) in [6.07, 6.45) is 7.56. The van der Waals surface area contributed by atoms with Gasteiger partial charge in [-0.2, -0.15) is 0 Å². The van der Waals surface area contributed by atoms with Gasteiger partial charge in [0.1, 0.15) is 5.65 Å². The summed E-state index contributed by atoms with van der Waals surface area (Å²) in [5.41, 5.74) is 1.30. The van der Waals surface area contributed by atoms with Crippen LogP contribution < -0.4 is 5.32 Å². The number of fused-ring (bicyclic) bond motifs is 1. The summed E-state index contributed by atoms with van der Waals surface area (Å²) in [6.45, 7) is 0.861. The largest absolute Gasteiger partial charge is 0.365 e. The summed E-state index contributed by atoms with van der Waals surface area (Å²) in [7, 11) is -3.23. The molecule has 29 heavy (non-hydrogen) atoms. The van der Waals surface area contributed by atoms with E-state index in [1.807, 2.05) is 0 Å². The molecule has 8 nitrogen and oxygen atoms in total. The molecule has 0 aromatic carbocycles. The summed E-state index contributed by atoms with van der Waals surface area (Å²) in [4.78, 5) is 15.7. The van der Waals surface area contributed by atoms with Gasteiger partial charge in [0.25, 0.3) is 0 Å². The molecule has 0 bridgehead atoms. The Morgan fingerprint density at radius 3 is 2.90 bits per heavy atom. The molecule has 0 aliphatic carbocycles. The van der Waals surface area contributed by atoms with E-state index in [1.165, 1.54) is 16.8 Å². The van der Waals surface area contributed by atoms with Gasteiger partial charge in [-0.3, -0.25) is 0 Å². The second-order valence-electron chi connectivity index (χ2n) is 7.08. The van der Waals surface area contributed by atoms with Crippen LogP contribution in [0.3, 0.4) is 0 Å². The number of anilines is 1. The number of rotatable bonds is 4. The number of aromatic nitrogens is 4. The van der Waals surface area contributed by atoms with Crippen molar-refractivity contribution in [1.82, 2.24) is 24.2 Å². The first-order chi connectivity index (χ1) is 13.8. The average Bonchev–Trinajstić information content (AvgIpc) is 2.92. The van der Waals surface area contributed by atoms with Crippen LogP contribution in [0.4, 0.5) is 10.2 Å². The van der Waals surface area contributed by atoms with Gasteiger partial charge >= 0.3 is 0 Å². The molecule has 1 fully saturated rings. The molecule has 4 heterocycles. The van der Waals surface area contributed by atoms with Gasteiger partial charge in [-0.1, -0.05) is 11.6 Å². The van der Waals surface area contributed by atoms with E-state index in [-0.39, 0.29) is 11.9 Å². The maximum Gasteiger partial charge on any atom is 0.211 e. The first-order valence-corrected chi connectivity index (χ1v) is 11.4. The van der Waals surface area contributed by atoms with E-state index in [4.69, 9.17) is 11.6 Å². The molecule has 1 aliphatic rings. The smallest absolute Gasteiger partial charge is 0.211 e. The number of aromatic amines is 1. The molecule has 1 aliphatic heterocycles. The van der Waals surface area contributed by atoms with Crippen LogP contribution in [0.5, 0.6) is 0 Å². The third-order valence-electron chi connectivity index (χ3n) is 4.98. The number of sulfonamides is 1. The van der Waals surface area contributed by atoms with Gasteiger partial charge in [0.15, 0.2) is 17.5 Å². The van der Waals surface area contributed by atoms with Crippen LogP contribution in [0.25, 0.3) is 22.4 Å². The Kier molecular flexibility index (Phi) is 5.41. The first kappa shape index (κ1) is 20.0. The molecule has 1 unspecified atom stereocenters. The van der Waals surface area contributed by atoms with Crippen molar-refractivity contribution in [2.24, 2.45) is 0 Å². The molecule has 2 N–H and O–H groups in total. The molecule has 0 amide bonds. The Balaban J connectivity index is 1.58. The van der Waals surface area contributed by atoms with Crippen LogP contribution in [-0.4, -0.2) is 58.0 Å². The molecule has 154 valence electrons. The third kappa shape index (κ3) is 4.34. The number of H-pyrrole nitrogens is 1. The van der Waals surface area contributed by atoms with E-state index in [2.05, 4.69) is 25.3 Å². The molecule has 1 atom stereocenters.